The second-order valence-electron chi connectivity index (χ2n) is 14.4. The minimum atomic E-state index is -0.847. The molecule has 256 valence electrons. The molecule has 0 unspecified atom stereocenters. The number of esters is 4. The van der Waals surface area contributed by atoms with Crippen molar-refractivity contribution in [1.29, 1.82) is 0 Å². The third-order valence-electron chi connectivity index (χ3n) is 12.4. The van der Waals surface area contributed by atoms with E-state index in [0.717, 1.165) is 36.8 Å². The molecule has 10 nitrogen and oxygen atoms in total. The van der Waals surface area contributed by atoms with Crippen molar-refractivity contribution in [1.82, 2.24) is 9.80 Å². The Morgan fingerprint density at radius 3 is 1.27 bits per heavy atom. The molecule has 1 saturated carbocycles. The Morgan fingerprint density at radius 1 is 0.542 bits per heavy atom. The molecule has 10 heteroatoms. The molecule has 4 bridgehead atoms. The Kier molecular flexibility index (Phi) is 9.06. The lowest BCUT2D eigenvalue weighted by molar-refractivity contribution is -0.190. The van der Waals surface area contributed by atoms with E-state index in [9.17, 15) is 19.2 Å². The average Bonchev–Trinajstić information content (AvgIpc) is 3.45. The highest BCUT2D eigenvalue weighted by molar-refractivity contribution is 5.88. The first kappa shape index (κ1) is 32.8. The van der Waals surface area contributed by atoms with Gasteiger partial charge in [-0.05, 0) is 50.9 Å². The highest BCUT2D eigenvalue weighted by Gasteiger charge is 2.62. The summed E-state index contributed by atoms with van der Waals surface area (Å²) in [5.41, 5.74) is 1.85. The van der Waals surface area contributed by atoms with Crippen LogP contribution < -0.4 is 0 Å². The fourth-order valence-corrected chi connectivity index (χ4v) is 9.94. The second kappa shape index (κ2) is 13.3. The summed E-state index contributed by atoms with van der Waals surface area (Å²) in [6.07, 6.45) is 3.24. The van der Waals surface area contributed by atoms with Crippen LogP contribution >= 0.6 is 0 Å². The van der Waals surface area contributed by atoms with E-state index in [4.69, 9.17) is 18.9 Å². The molecule has 0 amide bonds. The predicted molar refractivity (Wildman–Crippen MR) is 174 cm³/mol. The number of carbonyl (C=O) groups is 4. The van der Waals surface area contributed by atoms with Gasteiger partial charge in [0.2, 0.25) is 0 Å². The summed E-state index contributed by atoms with van der Waals surface area (Å²) in [7, 11) is 6.77. The van der Waals surface area contributed by atoms with Gasteiger partial charge in [0, 0.05) is 48.8 Å². The van der Waals surface area contributed by atoms with Crippen LogP contribution in [0.4, 0.5) is 0 Å². The predicted octanol–water partition coefficient (Wildman–Crippen LogP) is 3.94. The molecule has 0 radical (unpaired) electrons. The maximum atomic E-state index is 14.5. The highest BCUT2D eigenvalue weighted by Crippen LogP contribution is 2.59. The van der Waals surface area contributed by atoms with Crippen LogP contribution in [0.5, 0.6) is 0 Å². The highest BCUT2D eigenvalue weighted by atomic mass is 16.6. The van der Waals surface area contributed by atoms with Gasteiger partial charge in [-0.1, -0.05) is 60.7 Å². The third kappa shape index (κ3) is 5.50. The number of nitrogens with zero attached hydrogens (tertiary/aromatic N) is 2. The number of methoxy groups -OCH3 is 2. The molecule has 1 aliphatic carbocycles. The van der Waals surface area contributed by atoms with Crippen molar-refractivity contribution in [3.8, 4) is 0 Å². The molecule has 7 rings (SSSR count). The molecule has 2 aromatic rings. The van der Waals surface area contributed by atoms with Gasteiger partial charge >= 0.3 is 23.9 Å². The van der Waals surface area contributed by atoms with Crippen molar-refractivity contribution in [2.24, 2.45) is 23.7 Å². The third-order valence-corrected chi connectivity index (χ3v) is 12.4. The normalized spacial score (nSPS) is 37.2. The van der Waals surface area contributed by atoms with Gasteiger partial charge < -0.3 is 18.9 Å². The lowest BCUT2D eigenvalue weighted by Gasteiger charge is -2.51. The van der Waals surface area contributed by atoms with Gasteiger partial charge in [-0.2, -0.15) is 0 Å². The van der Waals surface area contributed by atoms with Crippen LogP contribution in [0.1, 0.15) is 61.5 Å². The first-order chi connectivity index (χ1) is 23.2. The molecule has 12 atom stereocenters. The van der Waals surface area contributed by atoms with Crippen molar-refractivity contribution in [3.63, 3.8) is 0 Å². The van der Waals surface area contributed by atoms with Gasteiger partial charge in [0.15, 0.2) is 0 Å². The fourth-order valence-electron chi connectivity index (χ4n) is 9.94. The Bertz CT molecular complexity index is 1410. The smallest absolute Gasteiger partial charge is 0.314 e. The van der Waals surface area contributed by atoms with E-state index in [1.807, 2.05) is 74.8 Å². The van der Waals surface area contributed by atoms with Crippen molar-refractivity contribution in [2.75, 3.05) is 28.3 Å². The molecule has 0 spiro atoms. The van der Waals surface area contributed by atoms with Crippen LogP contribution in [-0.4, -0.2) is 98.4 Å². The zero-order valence-corrected chi connectivity index (χ0v) is 28.1. The van der Waals surface area contributed by atoms with Gasteiger partial charge in [0.1, 0.15) is 24.0 Å². The number of benzene rings is 2. The molecule has 4 saturated heterocycles. The molecule has 5 aliphatic rings. The number of fused-ring (bicyclic) bond motifs is 4. The van der Waals surface area contributed by atoms with Crippen molar-refractivity contribution in [3.05, 3.63) is 71.8 Å². The standard InChI is InChI=1S/C38H46N2O8/c1-39-23-15-17-25(39)31(35(41)45-3)27(19-23)47-37(43)33-29(21-11-7-5-8-12-21)30(22-13-9-6-10-14-22)34(33)38(44)48-28-20-24-16-18-26(40(24)2)32(28)36(42)46-4/h5-14,23-34H,15-20H2,1-4H3/t23-,24-,25+,26+,27-,28-,29-,30+,31+,32+,33-,34+/m0/s1. The molecular formula is C38H46N2O8. The molecule has 48 heavy (non-hydrogen) atoms. The van der Waals surface area contributed by atoms with Crippen molar-refractivity contribution in [2.45, 2.75) is 86.7 Å². The Labute approximate surface area is 282 Å². The second-order valence-corrected chi connectivity index (χ2v) is 14.4. The van der Waals surface area contributed by atoms with Crippen LogP contribution in [0, 0.1) is 23.7 Å². The van der Waals surface area contributed by atoms with E-state index in [1.54, 1.807) is 0 Å². The van der Waals surface area contributed by atoms with E-state index in [1.165, 1.54) is 14.2 Å². The largest absolute Gasteiger partial charge is 0.469 e. The summed E-state index contributed by atoms with van der Waals surface area (Å²) in [6, 6.07) is 19.8. The molecule has 0 N–H and O–H groups in total. The van der Waals surface area contributed by atoms with E-state index in [2.05, 4.69) is 9.80 Å². The first-order valence-corrected chi connectivity index (χ1v) is 17.3. The molecule has 4 heterocycles. The van der Waals surface area contributed by atoms with Crippen LogP contribution in [0.15, 0.2) is 60.7 Å². The summed E-state index contributed by atoms with van der Waals surface area (Å²) >= 11 is 0. The van der Waals surface area contributed by atoms with Gasteiger partial charge in [-0.3, -0.25) is 29.0 Å². The van der Waals surface area contributed by atoms with Crippen molar-refractivity contribution < 1.29 is 38.1 Å². The van der Waals surface area contributed by atoms with Gasteiger partial charge in [-0.25, -0.2) is 0 Å². The lowest BCUT2D eigenvalue weighted by Crippen LogP contribution is -2.58. The number of hydrogen-bond donors (Lipinski definition) is 0. The number of rotatable bonds is 8. The zero-order chi connectivity index (χ0) is 33.7. The van der Waals surface area contributed by atoms with E-state index >= 15 is 0 Å². The summed E-state index contributed by atoms with van der Waals surface area (Å²) in [5.74, 6) is -5.41. The topological polar surface area (TPSA) is 112 Å². The van der Waals surface area contributed by atoms with Gasteiger partial charge in [0.25, 0.3) is 0 Å². The first-order valence-electron chi connectivity index (χ1n) is 17.3. The quantitative estimate of drug-likeness (QED) is 0.306. The number of carbonyl (C=O) groups excluding carboxylic acids is 4. The Balaban J connectivity index is 1.23. The van der Waals surface area contributed by atoms with Gasteiger partial charge in [-0.15, -0.1) is 0 Å². The molecule has 5 fully saturated rings. The van der Waals surface area contributed by atoms with E-state index < -0.39 is 47.8 Å². The zero-order valence-electron chi connectivity index (χ0n) is 28.1. The van der Waals surface area contributed by atoms with Crippen LogP contribution in [0.25, 0.3) is 0 Å². The molecule has 0 aromatic heterocycles. The van der Waals surface area contributed by atoms with E-state index in [0.29, 0.717) is 12.8 Å². The summed E-state index contributed by atoms with van der Waals surface area (Å²) in [6.45, 7) is 0. The Hall–Kier alpha value is -3.76. The van der Waals surface area contributed by atoms with Crippen molar-refractivity contribution >= 4 is 23.9 Å². The number of piperidine rings is 2. The Morgan fingerprint density at radius 2 is 0.917 bits per heavy atom. The summed E-state index contributed by atoms with van der Waals surface area (Å²) in [4.78, 5) is 59.7. The summed E-state index contributed by atoms with van der Waals surface area (Å²) < 4.78 is 23.1. The fraction of sp³-hybridized carbons (Fsp3) is 0.579. The average molecular weight is 659 g/mol. The SMILES string of the molecule is COC(=O)[C@H]1[C@@H](OC(=O)[C@@H]2[C@H](C(=O)O[C@H]3C[C@@H]4CC[C@H]([C@H]3C(=O)OC)N4C)[C@H](c3ccccc3)[C@@H]2c2ccccc2)C[C@@H]2CC[C@H]1N2C. The molecule has 4 aliphatic heterocycles. The lowest BCUT2D eigenvalue weighted by atomic mass is 9.52. The number of hydrogen-bond acceptors (Lipinski definition) is 10. The van der Waals surface area contributed by atoms with E-state index in [-0.39, 0.29) is 47.9 Å². The maximum Gasteiger partial charge on any atom is 0.314 e. The minimum Gasteiger partial charge on any atom is -0.469 e. The minimum absolute atomic E-state index is 0.0757. The molecule has 2 aromatic carbocycles. The number of ether oxygens (including phenoxy) is 4. The van der Waals surface area contributed by atoms with Crippen LogP contribution in [-0.2, 0) is 38.1 Å². The molecular weight excluding hydrogens is 612 g/mol. The maximum absolute atomic E-state index is 14.5. The van der Waals surface area contributed by atoms with Crippen LogP contribution in [0.3, 0.4) is 0 Å². The summed E-state index contributed by atoms with van der Waals surface area (Å²) in [5, 5.41) is 0. The van der Waals surface area contributed by atoms with Crippen LogP contribution in [0.2, 0.25) is 0 Å². The monoisotopic (exact) mass is 658 g/mol. The van der Waals surface area contributed by atoms with Gasteiger partial charge in [0.05, 0.1) is 26.1 Å².